The molecule has 1 aliphatic rings. The molecular formula is C17H16FN3O3S. The summed E-state index contributed by atoms with van der Waals surface area (Å²) in [5.74, 6) is -0.114. The summed E-state index contributed by atoms with van der Waals surface area (Å²) in [4.78, 5) is 4.05. The van der Waals surface area contributed by atoms with Crippen molar-refractivity contribution in [3.8, 4) is 11.8 Å². The van der Waals surface area contributed by atoms with Crippen molar-refractivity contribution in [3.05, 3.63) is 53.6 Å². The van der Waals surface area contributed by atoms with E-state index in [9.17, 15) is 12.8 Å². The lowest BCUT2D eigenvalue weighted by atomic mass is 10.2. The molecule has 1 aromatic heterocycles. The van der Waals surface area contributed by atoms with Crippen LogP contribution in [0.5, 0.6) is 5.75 Å². The van der Waals surface area contributed by atoms with E-state index in [1.807, 2.05) is 6.92 Å². The number of aromatic nitrogens is 1. The van der Waals surface area contributed by atoms with Crippen LogP contribution in [0.1, 0.15) is 17.7 Å². The third-order valence-corrected chi connectivity index (χ3v) is 5.92. The maximum absolute atomic E-state index is 13.4. The Morgan fingerprint density at radius 1 is 1.40 bits per heavy atom. The van der Waals surface area contributed by atoms with E-state index in [0.29, 0.717) is 18.7 Å². The number of halogens is 1. The van der Waals surface area contributed by atoms with E-state index in [1.54, 1.807) is 24.4 Å². The summed E-state index contributed by atoms with van der Waals surface area (Å²) in [5.41, 5.74) is 0.445. The summed E-state index contributed by atoms with van der Waals surface area (Å²) in [6.45, 7) is 2.31. The molecule has 130 valence electrons. The average Bonchev–Trinajstić information content (AvgIpc) is 3.06. The van der Waals surface area contributed by atoms with Crippen LogP contribution < -0.4 is 4.74 Å². The molecular weight excluding hydrogens is 345 g/mol. The Morgan fingerprint density at radius 2 is 2.20 bits per heavy atom. The predicted octanol–water partition coefficient (Wildman–Crippen LogP) is 2.24. The van der Waals surface area contributed by atoms with Crippen molar-refractivity contribution in [3.63, 3.8) is 0 Å². The van der Waals surface area contributed by atoms with Gasteiger partial charge >= 0.3 is 0 Å². The fraction of sp³-hybridized carbons (Fsp3) is 0.294. The lowest BCUT2D eigenvalue weighted by Gasteiger charge is -2.18. The minimum atomic E-state index is -3.80. The summed E-state index contributed by atoms with van der Waals surface area (Å²) in [6.07, 6.45) is 1.92. The average molecular weight is 361 g/mol. The van der Waals surface area contributed by atoms with Crippen LogP contribution in [-0.2, 0) is 10.0 Å². The number of benzene rings is 1. The quantitative estimate of drug-likeness (QED) is 0.834. The molecule has 1 aromatic carbocycles. The first-order chi connectivity index (χ1) is 11.9. The molecule has 3 rings (SSSR count). The van der Waals surface area contributed by atoms with Crippen LogP contribution in [0.4, 0.5) is 4.39 Å². The van der Waals surface area contributed by atoms with Gasteiger partial charge in [0.05, 0.1) is 22.7 Å². The van der Waals surface area contributed by atoms with E-state index in [1.165, 1.54) is 10.4 Å². The highest BCUT2D eigenvalue weighted by atomic mass is 32.2. The third-order valence-electron chi connectivity index (χ3n) is 4.06. The maximum atomic E-state index is 13.4. The first-order valence-corrected chi connectivity index (χ1v) is 9.14. The molecule has 1 unspecified atom stereocenters. The lowest BCUT2D eigenvalue weighted by Crippen LogP contribution is -2.31. The summed E-state index contributed by atoms with van der Waals surface area (Å²) >= 11 is 0. The van der Waals surface area contributed by atoms with Crippen molar-refractivity contribution < 1.29 is 17.5 Å². The molecule has 1 saturated heterocycles. The second-order valence-electron chi connectivity index (χ2n) is 5.73. The molecule has 25 heavy (non-hydrogen) atoms. The highest BCUT2D eigenvalue weighted by Gasteiger charge is 2.34. The Balaban J connectivity index is 1.77. The Morgan fingerprint density at radius 3 is 2.92 bits per heavy atom. The van der Waals surface area contributed by atoms with Gasteiger partial charge in [0.1, 0.15) is 23.7 Å². The van der Waals surface area contributed by atoms with Gasteiger partial charge in [-0.1, -0.05) is 0 Å². The molecule has 8 heteroatoms. The number of hydrogen-bond acceptors (Lipinski definition) is 5. The first-order valence-electron chi connectivity index (χ1n) is 7.70. The summed E-state index contributed by atoms with van der Waals surface area (Å²) in [7, 11) is -3.80. The highest BCUT2D eigenvalue weighted by molar-refractivity contribution is 7.89. The van der Waals surface area contributed by atoms with Gasteiger partial charge in [-0.2, -0.15) is 9.57 Å². The van der Waals surface area contributed by atoms with Crippen LogP contribution >= 0.6 is 0 Å². The highest BCUT2D eigenvalue weighted by Crippen LogP contribution is 2.26. The molecule has 1 atom stereocenters. The van der Waals surface area contributed by atoms with Crippen molar-refractivity contribution in [2.24, 2.45) is 0 Å². The first kappa shape index (κ1) is 17.3. The van der Waals surface area contributed by atoms with E-state index in [0.717, 1.165) is 17.8 Å². The SMILES string of the molecule is Cc1ncccc1OC1CCN(S(=O)(=O)c2ccc(F)c(C#N)c2)C1. The largest absolute Gasteiger partial charge is 0.487 e. The number of rotatable bonds is 4. The van der Waals surface area contributed by atoms with E-state index in [-0.39, 0.29) is 23.1 Å². The van der Waals surface area contributed by atoms with Crippen LogP contribution in [0, 0.1) is 24.1 Å². The minimum absolute atomic E-state index is 0.0938. The number of ether oxygens (including phenoxy) is 1. The second-order valence-corrected chi connectivity index (χ2v) is 7.67. The molecule has 0 radical (unpaired) electrons. The lowest BCUT2D eigenvalue weighted by molar-refractivity contribution is 0.213. The zero-order chi connectivity index (χ0) is 18.0. The molecule has 0 saturated carbocycles. The van der Waals surface area contributed by atoms with Crippen LogP contribution in [0.15, 0.2) is 41.4 Å². The Kier molecular flexibility index (Phi) is 4.70. The van der Waals surface area contributed by atoms with Crippen molar-refractivity contribution in [2.45, 2.75) is 24.3 Å². The Labute approximate surface area is 145 Å². The molecule has 2 heterocycles. The Hall–Kier alpha value is -2.50. The molecule has 0 amide bonds. The molecule has 0 bridgehead atoms. The van der Waals surface area contributed by atoms with Gasteiger partial charge in [-0.25, -0.2) is 12.8 Å². The summed E-state index contributed by atoms with van der Waals surface area (Å²) < 4.78 is 46.0. The number of nitrogens with zero attached hydrogens (tertiary/aromatic N) is 3. The van der Waals surface area contributed by atoms with E-state index < -0.39 is 15.8 Å². The molecule has 2 aromatic rings. The van der Waals surface area contributed by atoms with Crippen LogP contribution in [0.3, 0.4) is 0 Å². The second kappa shape index (κ2) is 6.78. The zero-order valence-electron chi connectivity index (χ0n) is 13.5. The monoisotopic (exact) mass is 361 g/mol. The number of nitriles is 1. The third kappa shape index (κ3) is 3.48. The number of hydrogen-bond donors (Lipinski definition) is 0. The molecule has 1 aliphatic heterocycles. The van der Waals surface area contributed by atoms with Gasteiger partial charge in [-0.3, -0.25) is 4.98 Å². The van der Waals surface area contributed by atoms with Gasteiger partial charge in [0.25, 0.3) is 0 Å². The van der Waals surface area contributed by atoms with Crippen molar-refractivity contribution >= 4 is 10.0 Å². The molecule has 6 nitrogen and oxygen atoms in total. The van der Waals surface area contributed by atoms with Crippen LogP contribution in [-0.4, -0.2) is 36.9 Å². The van der Waals surface area contributed by atoms with Gasteiger partial charge in [0.2, 0.25) is 10.0 Å². The fourth-order valence-electron chi connectivity index (χ4n) is 2.69. The maximum Gasteiger partial charge on any atom is 0.243 e. The predicted molar refractivity (Wildman–Crippen MR) is 87.9 cm³/mol. The van der Waals surface area contributed by atoms with E-state index in [4.69, 9.17) is 10.00 Å². The van der Waals surface area contributed by atoms with Crippen molar-refractivity contribution in [1.82, 2.24) is 9.29 Å². The smallest absolute Gasteiger partial charge is 0.243 e. The van der Waals surface area contributed by atoms with Gasteiger partial charge in [-0.05, 0) is 43.7 Å². The molecule has 0 spiro atoms. The van der Waals surface area contributed by atoms with Crippen molar-refractivity contribution in [1.29, 1.82) is 5.26 Å². The van der Waals surface area contributed by atoms with Gasteiger partial charge in [0.15, 0.2) is 0 Å². The van der Waals surface area contributed by atoms with Gasteiger partial charge < -0.3 is 4.74 Å². The molecule has 0 aliphatic carbocycles. The Bertz CT molecular complexity index is 940. The molecule has 1 fully saturated rings. The topological polar surface area (TPSA) is 83.3 Å². The summed E-state index contributed by atoms with van der Waals surface area (Å²) in [5, 5.41) is 8.88. The number of pyridine rings is 1. The van der Waals surface area contributed by atoms with Crippen molar-refractivity contribution in [2.75, 3.05) is 13.1 Å². The van der Waals surface area contributed by atoms with Crippen LogP contribution in [0.2, 0.25) is 0 Å². The molecule has 0 N–H and O–H groups in total. The van der Waals surface area contributed by atoms with Gasteiger partial charge in [0, 0.05) is 12.7 Å². The minimum Gasteiger partial charge on any atom is -0.487 e. The van der Waals surface area contributed by atoms with Gasteiger partial charge in [-0.15, -0.1) is 0 Å². The number of sulfonamides is 1. The normalized spacial score (nSPS) is 18.0. The fourth-order valence-corrected chi connectivity index (χ4v) is 4.20. The van der Waals surface area contributed by atoms with E-state index >= 15 is 0 Å². The standard InChI is InChI=1S/C17H16FN3O3S/c1-12-17(3-2-7-20-12)24-14-6-8-21(11-14)25(22,23)15-4-5-16(18)13(9-15)10-19/h2-5,7,9,14H,6,8,11H2,1H3. The summed E-state index contributed by atoms with van der Waals surface area (Å²) in [6, 6.07) is 8.43. The number of aryl methyl sites for hydroxylation is 1. The van der Waals surface area contributed by atoms with E-state index in [2.05, 4.69) is 4.98 Å². The van der Waals surface area contributed by atoms with Crippen LogP contribution in [0.25, 0.3) is 0 Å². The zero-order valence-corrected chi connectivity index (χ0v) is 14.3.